The van der Waals surface area contributed by atoms with Gasteiger partial charge in [0.15, 0.2) is 0 Å². The lowest BCUT2D eigenvalue weighted by molar-refractivity contribution is -0.0119. The lowest BCUT2D eigenvalue weighted by Gasteiger charge is -2.54. The Bertz CT molecular complexity index is 956. The van der Waals surface area contributed by atoms with Gasteiger partial charge in [0, 0.05) is 17.8 Å². The molecule has 1 aromatic carbocycles. The molecule has 7 rings (SSSR count). The molecule has 180 valence electrons. The number of hydrogen-bond donors (Lipinski definition) is 2. The molecule has 1 amide bonds. The van der Waals surface area contributed by atoms with Crippen LogP contribution in [0.1, 0.15) is 79.9 Å². The number of carbonyl (C=O) groups is 1. The molecule has 0 saturated heterocycles. The van der Waals surface area contributed by atoms with Crippen molar-refractivity contribution >= 4 is 5.91 Å². The highest BCUT2D eigenvalue weighted by atomic mass is 16.5. The molecule has 0 aliphatic heterocycles. The van der Waals surface area contributed by atoms with Crippen molar-refractivity contribution in [3.8, 4) is 5.75 Å². The Morgan fingerprint density at radius 2 is 1.59 bits per heavy atom. The van der Waals surface area contributed by atoms with E-state index in [2.05, 4.69) is 10.3 Å². The molecule has 0 spiro atoms. The van der Waals surface area contributed by atoms with Crippen molar-refractivity contribution in [2.24, 2.45) is 29.6 Å². The van der Waals surface area contributed by atoms with Gasteiger partial charge in [-0.2, -0.15) is 0 Å². The fourth-order valence-corrected chi connectivity index (χ4v) is 7.59. The average Bonchev–Trinajstić information content (AvgIpc) is 2.87. The molecule has 5 heteroatoms. The van der Waals surface area contributed by atoms with Crippen molar-refractivity contribution in [2.75, 3.05) is 0 Å². The van der Waals surface area contributed by atoms with Crippen LogP contribution in [-0.2, 0) is 0 Å². The molecular weight excluding hydrogens is 424 g/mol. The number of benzene rings is 1. The van der Waals surface area contributed by atoms with E-state index in [-0.39, 0.29) is 17.9 Å². The van der Waals surface area contributed by atoms with E-state index in [1.807, 2.05) is 42.5 Å². The third kappa shape index (κ3) is 4.47. The van der Waals surface area contributed by atoms with Gasteiger partial charge in [0.1, 0.15) is 5.75 Å². The van der Waals surface area contributed by atoms with Crippen molar-refractivity contribution in [1.29, 1.82) is 0 Å². The van der Waals surface area contributed by atoms with Crippen LogP contribution in [0.5, 0.6) is 5.75 Å². The Hall–Kier alpha value is -2.40. The Morgan fingerprint density at radius 3 is 2.21 bits per heavy atom. The maximum atomic E-state index is 13.0. The second kappa shape index (κ2) is 9.33. The smallest absolute Gasteiger partial charge is 0.251 e. The van der Waals surface area contributed by atoms with Crippen molar-refractivity contribution < 1.29 is 14.6 Å². The molecule has 0 radical (unpaired) electrons. The van der Waals surface area contributed by atoms with Crippen LogP contribution in [0.15, 0.2) is 48.7 Å². The SMILES string of the molecule is O=C(NC1C2CC3CC(C2)CC1C3)c1ccc(OC2CCC(C(O)c3ccccn3)CC2)cc1. The van der Waals surface area contributed by atoms with E-state index in [1.54, 1.807) is 6.20 Å². The van der Waals surface area contributed by atoms with Crippen LogP contribution in [-0.4, -0.2) is 28.1 Å². The molecule has 5 saturated carbocycles. The third-order valence-corrected chi connectivity index (χ3v) is 9.10. The monoisotopic (exact) mass is 460 g/mol. The largest absolute Gasteiger partial charge is 0.490 e. The molecule has 34 heavy (non-hydrogen) atoms. The average molecular weight is 461 g/mol. The van der Waals surface area contributed by atoms with Gasteiger partial charge in [-0.25, -0.2) is 0 Å². The predicted octanol–water partition coefficient (Wildman–Crippen LogP) is 5.31. The number of aliphatic hydroxyl groups excluding tert-OH is 1. The number of aliphatic hydroxyl groups is 1. The second-order valence-corrected chi connectivity index (χ2v) is 11.3. The van der Waals surface area contributed by atoms with Crippen LogP contribution in [0.3, 0.4) is 0 Å². The Kier molecular flexibility index (Phi) is 6.06. The van der Waals surface area contributed by atoms with Crippen LogP contribution in [0.4, 0.5) is 0 Å². The first kappa shape index (κ1) is 22.1. The lowest BCUT2D eigenvalue weighted by atomic mass is 9.54. The topological polar surface area (TPSA) is 71.5 Å². The van der Waals surface area contributed by atoms with Gasteiger partial charge in [0.2, 0.25) is 0 Å². The van der Waals surface area contributed by atoms with Crippen molar-refractivity contribution in [3.05, 3.63) is 59.9 Å². The molecule has 1 atom stereocenters. The summed E-state index contributed by atoms with van der Waals surface area (Å²) in [7, 11) is 0. The van der Waals surface area contributed by atoms with Gasteiger partial charge in [-0.3, -0.25) is 9.78 Å². The van der Waals surface area contributed by atoms with E-state index in [9.17, 15) is 9.90 Å². The minimum Gasteiger partial charge on any atom is -0.490 e. The highest BCUT2D eigenvalue weighted by Gasteiger charge is 2.48. The Morgan fingerprint density at radius 1 is 0.912 bits per heavy atom. The van der Waals surface area contributed by atoms with E-state index in [1.165, 1.54) is 32.1 Å². The van der Waals surface area contributed by atoms with Crippen molar-refractivity contribution in [1.82, 2.24) is 10.3 Å². The zero-order valence-electron chi connectivity index (χ0n) is 19.8. The summed E-state index contributed by atoms with van der Waals surface area (Å²) in [6.45, 7) is 0. The summed E-state index contributed by atoms with van der Waals surface area (Å²) in [5, 5.41) is 14.0. The summed E-state index contributed by atoms with van der Waals surface area (Å²) in [6, 6.07) is 13.7. The fraction of sp³-hybridized carbons (Fsp3) is 0.586. The summed E-state index contributed by atoms with van der Waals surface area (Å²) < 4.78 is 6.22. The Labute approximate surface area is 202 Å². The number of nitrogens with zero attached hydrogens (tertiary/aromatic N) is 1. The van der Waals surface area contributed by atoms with Crippen LogP contribution in [0, 0.1) is 29.6 Å². The second-order valence-electron chi connectivity index (χ2n) is 11.3. The molecular formula is C29H36N2O3. The van der Waals surface area contributed by atoms with E-state index in [0.717, 1.165) is 54.5 Å². The molecule has 1 aromatic heterocycles. The summed E-state index contributed by atoms with van der Waals surface area (Å²) in [5.41, 5.74) is 1.48. The van der Waals surface area contributed by atoms with Gasteiger partial charge in [0.25, 0.3) is 5.91 Å². The van der Waals surface area contributed by atoms with Crippen LogP contribution < -0.4 is 10.1 Å². The Balaban J connectivity index is 1.00. The quantitative estimate of drug-likeness (QED) is 0.613. The summed E-state index contributed by atoms with van der Waals surface area (Å²) >= 11 is 0. The third-order valence-electron chi connectivity index (χ3n) is 9.10. The van der Waals surface area contributed by atoms with Gasteiger partial charge in [-0.05, 0) is 124 Å². The zero-order valence-corrected chi connectivity index (χ0v) is 19.8. The maximum absolute atomic E-state index is 13.0. The first-order valence-electron chi connectivity index (χ1n) is 13.3. The summed E-state index contributed by atoms with van der Waals surface area (Å²) in [5.74, 6) is 4.32. The van der Waals surface area contributed by atoms with Gasteiger partial charge in [-0.1, -0.05) is 6.07 Å². The van der Waals surface area contributed by atoms with Gasteiger partial charge < -0.3 is 15.2 Å². The number of carbonyl (C=O) groups excluding carboxylic acids is 1. The molecule has 2 N–H and O–H groups in total. The number of aromatic nitrogens is 1. The van der Waals surface area contributed by atoms with Gasteiger partial charge >= 0.3 is 0 Å². The van der Waals surface area contributed by atoms with Crippen LogP contribution in [0.2, 0.25) is 0 Å². The highest BCUT2D eigenvalue weighted by molar-refractivity contribution is 5.94. The molecule has 1 unspecified atom stereocenters. The van der Waals surface area contributed by atoms with Crippen molar-refractivity contribution in [2.45, 2.75) is 76.0 Å². The predicted molar refractivity (Wildman–Crippen MR) is 130 cm³/mol. The van der Waals surface area contributed by atoms with Gasteiger partial charge in [0.05, 0.1) is 17.9 Å². The molecule has 5 aliphatic rings. The fourth-order valence-electron chi connectivity index (χ4n) is 7.59. The first-order valence-corrected chi connectivity index (χ1v) is 13.3. The summed E-state index contributed by atoms with van der Waals surface area (Å²) in [4.78, 5) is 17.3. The molecule has 5 aliphatic carbocycles. The van der Waals surface area contributed by atoms with E-state index < -0.39 is 6.10 Å². The molecule has 5 fully saturated rings. The van der Waals surface area contributed by atoms with E-state index in [4.69, 9.17) is 4.74 Å². The normalized spacial score (nSPS) is 35.0. The number of rotatable bonds is 6. The first-order chi connectivity index (χ1) is 16.6. The molecule has 2 aromatic rings. The van der Waals surface area contributed by atoms with E-state index >= 15 is 0 Å². The number of amides is 1. The maximum Gasteiger partial charge on any atom is 0.251 e. The minimum absolute atomic E-state index is 0.0630. The number of ether oxygens (including phenoxy) is 1. The number of hydrogen-bond acceptors (Lipinski definition) is 4. The summed E-state index contributed by atoms with van der Waals surface area (Å²) in [6.07, 6.45) is 11.8. The molecule has 1 heterocycles. The number of nitrogens with one attached hydrogen (secondary N) is 1. The molecule has 5 nitrogen and oxygen atoms in total. The van der Waals surface area contributed by atoms with E-state index in [0.29, 0.717) is 17.9 Å². The molecule has 4 bridgehead atoms. The van der Waals surface area contributed by atoms with Crippen LogP contribution in [0.25, 0.3) is 0 Å². The van der Waals surface area contributed by atoms with Gasteiger partial charge in [-0.15, -0.1) is 0 Å². The zero-order chi connectivity index (χ0) is 23.1. The lowest BCUT2D eigenvalue weighted by Crippen LogP contribution is -2.55. The minimum atomic E-state index is -0.505. The van der Waals surface area contributed by atoms with Crippen molar-refractivity contribution in [3.63, 3.8) is 0 Å². The van der Waals surface area contributed by atoms with Crippen LogP contribution >= 0.6 is 0 Å². The number of pyridine rings is 1. The standard InChI is InChI=1S/C29H36N2O3/c32-28(26-3-1-2-12-30-26)20-4-8-24(9-5-20)34-25-10-6-21(7-11-25)29(33)31-27-22-14-18-13-19(16-22)17-23(27)15-18/h1-3,6-7,10-12,18-20,22-24,27-28,32H,4-5,8-9,13-17H2,(H,31,33). The highest BCUT2D eigenvalue weighted by Crippen LogP contribution is 2.53.